The second-order valence-corrected chi connectivity index (χ2v) is 9.14. The van der Waals surface area contributed by atoms with Crippen LogP contribution in [-0.4, -0.2) is 42.1 Å². The molecule has 138 valence electrons. The standard InChI is InChI=1S/C21H26N2O3/c1-13(2)14-3-5-16(6-4-14)21-9-17(21)10-23(11-21)18(24)15-7-20(8-15)12-26-19(25)22-20/h3-6,13,15,17H,7-12H2,1-2H3,(H,22,25). The van der Waals surface area contributed by atoms with E-state index in [0.717, 1.165) is 25.9 Å². The SMILES string of the molecule is CC(C)c1ccc(C23CC2CN(C(=O)C2CC4(COC(=O)N4)C2)C3)cc1. The highest BCUT2D eigenvalue weighted by Crippen LogP contribution is 2.59. The number of hydrogen-bond donors (Lipinski definition) is 1. The van der Waals surface area contributed by atoms with Crippen molar-refractivity contribution in [2.45, 2.75) is 50.0 Å². The van der Waals surface area contributed by atoms with E-state index in [1.54, 1.807) is 0 Å². The van der Waals surface area contributed by atoms with E-state index in [1.807, 2.05) is 0 Å². The molecule has 2 saturated heterocycles. The molecule has 5 nitrogen and oxygen atoms in total. The zero-order chi connectivity index (χ0) is 18.1. The number of cyclic esters (lactones) is 1. The number of piperidine rings is 1. The Bertz CT molecular complexity index is 766. The molecule has 1 aromatic carbocycles. The number of carbonyl (C=O) groups is 2. The van der Waals surface area contributed by atoms with Crippen molar-refractivity contribution in [3.05, 3.63) is 35.4 Å². The fraction of sp³-hybridized carbons (Fsp3) is 0.619. The summed E-state index contributed by atoms with van der Waals surface area (Å²) in [6.07, 6.45) is 2.29. The van der Waals surface area contributed by atoms with E-state index in [9.17, 15) is 9.59 Å². The fourth-order valence-electron chi connectivity index (χ4n) is 5.33. The highest BCUT2D eigenvalue weighted by atomic mass is 16.6. The minimum absolute atomic E-state index is 0.0369. The number of likely N-dealkylation sites (tertiary alicyclic amines) is 1. The number of carbonyl (C=O) groups excluding carboxylic acids is 2. The molecule has 5 heteroatoms. The number of amides is 2. The third-order valence-corrected chi connectivity index (χ3v) is 7.08. The van der Waals surface area contributed by atoms with E-state index < -0.39 is 0 Å². The average molecular weight is 354 g/mol. The van der Waals surface area contributed by atoms with Gasteiger partial charge >= 0.3 is 6.09 Å². The Morgan fingerprint density at radius 3 is 2.58 bits per heavy atom. The molecule has 4 fully saturated rings. The van der Waals surface area contributed by atoms with Gasteiger partial charge in [0.2, 0.25) is 5.91 Å². The molecule has 1 spiro atoms. The third kappa shape index (κ3) is 2.29. The van der Waals surface area contributed by atoms with Crippen LogP contribution in [-0.2, 0) is 14.9 Å². The lowest BCUT2D eigenvalue weighted by Gasteiger charge is -2.43. The van der Waals surface area contributed by atoms with Crippen LogP contribution in [0.5, 0.6) is 0 Å². The minimum Gasteiger partial charge on any atom is -0.447 e. The van der Waals surface area contributed by atoms with Crippen LogP contribution >= 0.6 is 0 Å². The first-order valence-electron chi connectivity index (χ1n) is 9.75. The number of rotatable bonds is 3. The number of fused-ring (bicyclic) bond motifs is 1. The number of ether oxygens (including phenoxy) is 1. The summed E-state index contributed by atoms with van der Waals surface area (Å²) < 4.78 is 5.01. The van der Waals surface area contributed by atoms with Crippen LogP contribution in [0.4, 0.5) is 4.79 Å². The van der Waals surface area contributed by atoms with Gasteiger partial charge in [-0.1, -0.05) is 38.1 Å². The van der Waals surface area contributed by atoms with Gasteiger partial charge in [-0.2, -0.15) is 0 Å². The van der Waals surface area contributed by atoms with Gasteiger partial charge < -0.3 is 15.0 Å². The molecule has 2 aliphatic carbocycles. The maximum absolute atomic E-state index is 12.9. The van der Waals surface area contributed by atoms with Gasteiger partial charge in [-0.3, -0.25) is 4.79 Å². The van der Waals surface area contributed by atoms with E-state index in [1.165, 1.54) is 17.5 Å². The molecular weight excluding hydrogens is 328 g/mol. The molecule has 5 rings (SSSR count). The summed E-state index contributed by atoms with van der Waals surface area (Å²) in [6.45, 7) is 6.57. The smallest absolute Gasteiger partial charge is 0.407 e. The fourth-order valence-corrected chi connectivity index (χ4v) is 5.33. The summed E-state index contributed by atoms with van der Waals surface area (Å²) >= 11 is 0. The summed E-state index contributed by atoms with van der Waals surface area (Å²) in [7, 11) is 0. The molecular formula is C21H26N2O3. The third-order valence-electron chi connectivity index (χ3n) is 7.08. The number of nitrogens with one attached hydrogen (secondary N) is 1. The molecule has 2 atom stereocenters. The first-order chi connectivity index (χ1) is 12.4. The van der Waals surface area contributed by atoms with Crippen molar-refractivity contribution in [3.63, 3.8) is 0 Å². The zero-order valence-electron chi connectivity index (χ0n) is 15.5. The Morgan fingerprint density at radius 1 is 1.23 bits per heavy atom. The maximum atomic E-state index is 12.9. The lowest BCUT2D eigenvalue weighted by atomic mass is 9.68. The van der Waals surface area contributed by atoms with Crippen LogP contribution < -0.4 is 5.32 Å². The predicted octanol–water partition coefficient (Wildman–Crippen LogP) is 2.80. The van der Waals surface area contributed by atoms with E-state index in [4.69, 9.17) is 4.74 Å². The quantitative estimate of drug-likeness (QED) is 0.908. The van der Waals surface area contributed by atoms with Crippen molar-refractivity contribution in [1.82, 2.24) is 10.2 Å². The lowest BCUT2D eigenvalue weighted by Crippen LogP contribution is -2.58. The molecule has 0 aromatic heterocycles. The normalized spacial score (nSPS) is 37.3. The summed E-state index contributed by atoms with van der Waals surface area (Å²) in [6, 6.07) is 9.03. The molecule has 2 saturated carbocycles. The minimum atomic E-state index is -0.345. The van der Waals surface area contributed by atoms with Gasteiger partial charge in [-0.15, -0.1) is 0 Å². The Balaban J connectivity index is 1.24. The molecule has 1 N–H and O–H groups in total. The summed E-state index contributed by atoms with van der Waals surface area (Å²) in [5.41, 5.74) is 2.68. The Kier molecular flexibility index (Phi) is 3.26. The van der Waals surface area contributed by atoms with Gasteiger partial charge in [-0.25, -0.2) is 4.79 Å². The molecule has 2 heterocycles. The first kappa shape index (κ1) is 16.2. The Hall–Kier alpha value is -2.04. The van der Waals surface area contributed by atoms with E-state index >= 15 is 0 Å². The van der Waals surface area contributed by atoms with E-state index in [0.29, 0.717) is 18.4 Å². The predicted molar refractivity (Wildman–Crippen MR) is 96.8 cm³/mol. The molecule has 0 radical (unpaired) electrons. The van der Waals surface area contributed by atoms with Gasteiger partial charge in [0.15, 0.2) is 0 Å². The van der Waals surface area contributed by atoms with Crippen LogP contribution in [0.1, 0.15) is 50.2 Å². The van der Waals surface area contributed by atoms with E-state index in [-0.39, 0.29) is 28.9 Å². The van der Waals surface area contributed by atoms with Crippen LogP contribution in [0.25, 0.3) is 0 Å². The molecule has 1 aromatic rings. The zero-order valence-corrected chi connectivity index (χ0v) is 15.5. The van der Waals surface area contributed by atoms with E-state index in [2.05, 4.69) is 48.3 Å². The van der Waals surface area contributed by atoms with Gasteiger partial charge in [0, 0.05) is 24.4 Å². The molecule has 0 bridgehead atoms. The van der Waals surface area contributed by atoms with Crippen molar-refractivity contribution in [3.8, 4) is 0 Å². The number of alkyl carbamates (subject to hydrolysis) is 1. The summed E-state index contributed by atoms with van der Waals surface area (Å²) in [4.78, 5) is 26.2. The van der Waals surface area contributed by atoms with Crippen molar-refractivity contribution in [1.29, 1.82) is 0 Å². The number of hydrogen-bond acceptors (Lipinski definition) is 3. The second kappa shape index (κ2) is 5.24. The Morgan fingerprint density at radius 2 is 1.96 bits per heavy atom. The molecule has 26 heavy (non-hydrogen) atoms. The second-order valence-electron chi connectivity index (χ2n) is 9.14. The van der Waals surface area contributed by atoms with Gasteiger partial charge in [0.25, 0.3) is 0 Å². The topological polar surface area (TPSA) is 58.6 Å². The van der Waals surface area contributed by atoms with Crippen LogP contribution in [0, 0.1) is 11.8 Å². The van der Waals surface area contributed by atoms with Crippen LogP contribution in [0.2, 0.25) is 0 Å². The van der Waals surface area contributed by atoms with Gasteiger partial charge in [0.1, 0.15) is 6.61 Å². The summed E-state index contributed by atoms with van der Waals surface area (Å²) in [5, 5.41) is 2.88. The van der Waals surface area contributed by atoms with Crippen molar-refractivity contribution in [2.24, 2.45) is 11.8 Å². The molecule has 2 unspecified atom stereocenters. The number of benzene rings is 1. The molecule has 4 aliphatic rings. The van der Waals surface area contributed by atoms with Gasteiger partial charge in [0.05, 0.1) is 5.54 Å². The largest absolute Gasteiger partial charge is 0.447 e. The average Bonchev–Trinajstić information content (AvgIpc) is 2.96. The lowest BCUT2D eigenvalue weighted by molar-refractivity contribution is -0.140. The van der Waals surface area contributed by atoms with Crippen LogP contribution in [0.15, 0.2) is 24.3 Å². The monoisotopic (exact) mass is 354 g/mol. The van der Waals surface area contributed by atoms with Gasteiger partial charge in [-0.05, 0) is 42.2 Å². The molecule has 2 amide bonds. The van der Waals surface area contributed by atoms with Crippen molar-refractivity contribution >= 4 is 12.0 Å². The maximum Gasteiger partial charge on any atom is 0.407 e. The summed E-state index contributed by atoms with van der Waals surface area (Å²) in [5.74, 6) is 1.46. The van der Waals surface area contributed by atoms with Crippen LogP contribution in [0.3, 0.4) is 0 Å². The van der Waals surface area contributed by atoms with Crippen molar-refractivity contribution < 1.29 is 14.3 Å². The van der Waals surface area contributed by atoms with Crippen molar-refractivity contribution in [2.75, 3.05) is 19.7 Å². The highest BCUT2D eigenvalue weighted by Gasteiger charge is 2.63. The molecule has 2 aliphatic heterocycles. The first-order valence-corrected chi connectivity index (χ1v) is 9.75. The number of nitrogens with zero attached hydrogens (tertiary/aromatic N) is 1. The Labute approximate surface area is 154 Å². The highest BCUT2D eigenvalue weighted by molar-refractivity contribution is 5.82.